The first-order valence-corrected chi connectivity index (χ1v) is 17.3. The Morgan fingerprint density at radius 3 is 2.41 bits per heavy atom. The van der Waals surface area contributed by atoms with E-state index in [-0.39, 0.29) is 30.2 Å². The van der Waals surface area contributed by atoms with Crippen molar-refractivity contribution in [1.82, 2.24) is 40.6 Å². The lowest BCUT2D eigenvalue weighted by molar-refractivity contribution is -0.130. The van der Waals surface area contributed by atoms with Gasteiger partial charge < -0.3 is 25.4 Å². The number of methoxy groups -OCH3 is 2. The molecule has 0 radical (unpaired) electrons. The third-order valence-corrected chi connectivity index (χ3v) is 8.94. The van der Waals surface area contributed by atoms with Crippen molar-refractivity contribution in [2.75, 3.05) is 33.9 Å². The van der Waals surface area contributed by atoms with Gasteiger partial charge in [-0.05, 0) is 68.0 Å². The van der Waals surface area contributed by atoms with Gasteiger partial charge >= 0.3 is 0 Å². The normalized spacial score (nSPS) is 19.4. The summed E-state index contributed by atoms with van der Waals surface area (Å²) in [6.07, 6.45) is 5.56. The first-order chi connectivity index (χ1) is 23.6. The van der Waals surface area contributed by atoms with E-state index in [1.165, 1.54) is 5.56 Å². The third-order valence-electron chi connectivity index (χ3n) is 8.94. The Morgan fingerprint density at radius 1 is 0.959 bits per heavy atom. The number of fused-ring (bicyclic) bond motifs is 1. The first kappa shape index (κ1) is 37.3. The zero-order valence-electron chi connectivity index (χ0n) is 29.8. The molecule has 3 aromatic rings. The highest BCUT2D eigenvalue weighted by Gasteiger charge is 2.29. The average Bonchev–Trinajstić information content (AvgIpc) is 3.49. The zero-order valence-corrected chi connectivity index (χ0v) is 29.8. The highest BCUT2D eigenvalue weighted by atomic mass is 16.5. The van der Waals surface area contributed by atoms with Gasteiger partial charge in [-0.2, -0.15) is 5.10 Å². The standard InChI is InChI=1S/C36H52N8O5/c1-7-24(3)34-36(47)39-25(4)35-40-31(20-27-13-15-29(48-5)30(19-27)49-6)42-44(35)23-33(46)37-16-10-18-43(17-9-11-32(45)41-34)22-28-14-12-26(8-2)21-38-28/h12-15,19,21,24-25,34H,7-11,16-18,20,22-23H2,1-6H3,(H,37,46)(H,39,47)(H,41,45)/t24-,25+,34-/m0/s1. The fourth-order valence-corrected chi connectivity index (χ4v) is 5.85. The van der Waals surface area contributed by atoms with Crippen molar-refractivity contribution in [2.45, 2.75) is 91.4 Å². The van der Waals surface area contributed by atoms with Gasteiger partial charge in [0, 0.05) is 38.7 Å². The van der Waals surface area contributed by atoms with Crippen molar-refractivity contribution in [2.24, 2.45) is 5.92 Å². The van der Waals surface area contributed by atoms with Crippen LogP contribution in [0.3, 0.4) is 0 Å². The molecule has 3 heterocycles. The predicted octanol–water partition coefficient (Wildman–Crippen LogP) is 3.35. The molecule has 1 aromatic carbocycles. The van der Waals surface area contributed by atoms with Crippen LogP contribution < -0.4 is 25.4 Å². The number of pyridine rings is 1. The number of hydrogen-bond donors (Lipinski definition) is 3. The lowest BCUT2D eigenvalue weighted by Gasteiger charge is -2.26. The number of nitrogens with zero attached hydrogens (tertiary/aromatic N) is 5. The number of hydrogen-bond acceptors (Lipinski definition) is 9. The highest BCUT2D eigenvalue weighted by molar-refractivity contribution is 5.88. The van der Waals surface area contributed by atoms with E-state index >= 15 is 0 Å². The molecule has 0 unspecified atom stereocenters. The lowest BCUT2D eigenvalue weighted by Crippen LogP contribution is -2.51. The first-order valence-electron chi connectivity index (χ1n) is 17.3. The maximum absolute atomic E-state index is 13.7. The van der Waals surface area contributed by atoms with Gasteiger partial charge in [-0.25, -0.2) is 9.67 Å². The summed E-state index contributed by atoms with van der Waals surface area (Å²) in [6.45, 7) is 10.3. The molecular formula is C36H52N8O5. The molecule has 1 aliphatic rings. The van der Waals surface area contributed by atoms with E-state index in [2.05, 4.69) is 38.8 Å². The van der Waals surface area contributed by atoms with Crippen molar-refractivity contribution < 1.29 is 23.9 Å². The van der Waals surface area contributed by atoms with Gasteiger partial charge in [0.05, 0.1) is 26.0 Å². The second-order valence-electron chi connectivity index (χ2n) is 12.7. The smallest absolute Gasteiger partial charge is 0.243 e. The molecule has 0 fully saturated rings. The van der Waals surface area contributed by atoms with Crippen LogP contribution in [0, 0.1) is 5.92 Å². The summed E-state index contributed by atoms with van der Waals surface area (Å²) in [5.74, 6) is 1.38. The molecule has 3 atom stereocenters. The molecule has 3 amide bonds. The van der Waals surface area contributed by atoms with Crippen molar-refractivity contribution in [1.29, 1.82) is 0 Å². The van der Waals surface area contributed by atoms with E-state index in [0.717, 1.165) is 30.6 Å². The Kier molecular flexibility index (Phi) is 13.9. The van der Waals surface area contributed by atoms with Crippen LogP contribution in [0.2, 0.25) is 0 Å². The Labute approximate surface area is 289 Å². The summed E-state index contributed by atoms with van der Waals surface area (Å²) in [7, 11) is 3.16. The molecule has 2 aromatic heterocycles. The molecule has 0 aliphatic carbocycles. The van der Waals surface area contributed by atoms with Gasteiger partial charge in [0.15, 0.2) is 17.3 Å². The number of aryl methyl sites for hydroxylation is 1. The lowest BCUT2D eigenvalue weighted by atomic mass is 9.97. The zero-order chi connectivity index (χ0) is 35.3. The molecular weight excluding hydrogens is 624 g/mol. The maximum Gasteiger partial charge on any atom is 0.243 e. The fourth-order valence-electron chi connectivity index (χ4n) is 5.85. The summed E-state index contributed by atoms with van der Waals surface area (Å²) in [6, 6.07) is 8.43. The minimum atomic E-state index is -0.720. The van der Waals surface area contributed by atoms with Gasteiger partial charge in [-0.3, -0.25) is 24.3 Å². The molecule has 0 saturated heterocycles. The van der Waals surface area contributed by atoms with E-state index in [9.17, 15) is 14.4 Å². The number of rotatable bonds is 9. The molecule has 266 valence electrons. The van der Waals surface area contributed by atoms with Gasteiger partial charge in [-0.15, -0.1) is 0 Å². The van der Waals surface area contributed by atoms with Crippen molar-refractivity contribution >= 4 is 17.7 Å². The summed E-state index contributed by atoms with van der Waals surface area (Å²) in [4.78, 5) is 51.7. The number of carbonyl (C=O) groups is 3. The van der Waals surface area contributed by atoms with Crippen molar-refractivity contribution in [3.05, 3.63) is 65.0 Å². The van der Waals surface area contributed by atoms with Crippen molar-refractivity contribution in [3.8, 4) is 11.5 Å². The molecule has 0 spiro atoms. The van der Waals surface area contributed by atoms with E-state index in [1.54, 1.807) is 18.9 Å². The third kappa shape index (κ3) is 10.7. The minimum absolute atomic E-state index is 0.0581. The molecule has 3 N–H and O–H groups in total. The summed E-state index contributed by atoms with van der Waals surface area (Å²) in [5, 5.41) is 13.7. The van der Waals surface area contributed by atoms with E-state index in [4.69, 9.17) is 19.6 Å². The molecule has 0 bridgehead atoms. The van der Waals surface area contributed by atoms with Crippen LogP contribution in [-0.2, 0) is 40.3 Å². The molecule has 0 saturated carbocycles. The number of aromatic nitrogens is 4. The van der Waals surface area contributed by atoms with Crippen molar-refractivity contribution in [3.63, 3.8) is 0 Å². The summed E-state index contributed by atoms with van der Waals surface area (Å²) in [5.41, 5.74) is 3.03. The van der Waals surface area contributed by atoms with Gasteiger partial charge in [-0.1, -0.05) is 39.3 Å². The Bertz CT molecular complexity index is 1540. The van der Waals surface area contributed by atoms with Gasteiger partial charge in [0.2, 0.25) is 17.7 Å². The van der Waals surface area contributed by atoms with Crippen LogP contribution in [0.5, 0.6) is 11.5 Å². The highest BCUT2D eigenvalue weighted by Crippen LogP contribution is 2.28. The second kappa shape index (κ2) is 18.3. The van der Waals surface area contributed by atoms with Crippen LogP contribution in [-0.4, -0.2) is 82.3 Å². The maximum atomic E-state index is 13.7. The molecule has 4 rings (SSSR count). The average molecular weight is 677 g/mol. The quantitative estimate of drug-likeness (QED) is 0.310. The summed E-state index contributed by atoms with van der Waals surface area (Å²) >= 11 is 0. The number of ether oxygens (including phenoxy) is 2. The molecule has 49 heavy (non-hydrogen) atoms. The van der Waals surface area contributed by atoms with Gasteiger partial charge in [0.1, 0.15) is 18.4 Å². The largest absolute Gasteiger partial charge is 0.493 e. The van der Waals surface area contributed by atoms with E-state index < -0.39 is 12.1 Å². The van der Waals surface area contributed by atoms with Crippen LogP contribution in [0.1, 0.15) is 87.9 Å². The number of amides is 3. The fraction of sp³-hybridized carbons (Fsp3) is 0.556. The van der Waals surface area contributed by atoms with Crippen LogP contribution in [0.4, 0.5) is 0 Å². The molecule has 13 nitrogen and oxygen atoms in total. The van der Waals surface area contributed by atoms with E-state index in [1.807, 2.05) is 51.2 Å². The Balaban J connectivity index is 1.57. The topological polar surface area (TPSA) is 153 Å². The number of nitrogens with one attached hydrogen (secondary N) is 3. The second-order valence-corrected chi connectivity index (χ2v) is 12.7. The minimum Gasteiger partial charge on any atom is -0.493 e. The predicted molar refractivity (Wildman–Crippen MR) is 186 cm³/mol. The van der Waals surface area contributed by atoms with Crippen LogP contribution in [0.15, 0.2) is 36.5 Å². The van der Waals surface area contributed by atoms with E-state index in [0.29, 0.717) is 68.5 Å². The van der Waals surface area contributed by atoms with Crippen LogP contribution in [0.25, 0.3) is 0 Å². The molecule has 1 aliphatic heterocycles. The summed E-state index contributed by atoms with van der Waals surface area (Å²) < 4.78 is 12.4. The number of carbonyl (C=O) groups excluding carboxylic acids is 3. The van der Waals surface area contributed by atoms with Crippen LogP contribution >= 0.6 is 0 Å². The molecule has 13 heteroatoms. The Hall–Kier alpha value is -4.52. The van der Waals surface area contributed by atoms with Gasteiger partial charge in [0.25, 0.3) is 0 Å². The Morgan fingerprint density at radius 2 is 1.71 bits per heavy atom. The number of benzene rings is 1. The monoisotopic (exact) mass is 676 g/mol. The SMILES string of the molecule is CCc1ccc(CN2CCCNC(=O)Cn3nc(Cc4ccc(OC)c(OC)c4)nc3[C@@H](C)NC(=O)[C@H]([C@@H](C)CC)NC(=O)CCC2)nc1.